The lowest BCUT2D eigenvalue weighted by Crippen LogP contribution is -2.25. The molecule has 1 aromatic heterocycles. The molecule has 0 bridgehead atoms. The lowest BCUT2D eigenvalue weighted by Gasteiger charge is -2.28. The summed E-state index contributed by atoms with van der Waals surface area (Å²) in [6.45, 7) is 0. The van der Waals surface area contributed by atoms with Crippen LogP contribution in [0.5, 0.6) is 0 Å². The van der Waals surface area contributed by atoms with Crippen molar-refractivity contribution in [3.8, 4) is 33.4 Å². The molecule has 242 valence electrons. The third-order valence-electron chi connectivity index (χ3n) is 11.3. The summed E-state index contributed by atoms with van der Waals surface area (Å²) < 4.78 is 7.11. The summed E-state index contributed by atoms with van der Waals surface area (Å²) in [6, 6.07) is 68.3. The lowest BCUT2D eigenvalue weighted by molar-refractivity contribution is 0.507. The molecule has 1 heteroatoms. The van der Waals surface area contributed by atoms with E-state index in [9.17, 15) is 0 Å². The van der Waals surface area contributed by atoms with Gasteiger partial charge in [0.2, 0.25) is 0 Å². The van der Waals surface area contributed by atoms with Crippen molar-refractivity contribution in [2.45, 2.75) is 5.41 Å². The van der Waals surface area contributed by atoms with E-state index in [-0.39, 0.29) is 0 Å². The predicted molar refractivity (Wildman–Crippen MR) is 215 cm³/mol. The van der Waals surface area contributed by atoms with E-state index in [1.165, 1.54) is 77.5 Å². The van der Waals surface area contributed by atoms with Crippen molar-refractivity contribution in [2.24, 2.45) is 0 Å². The van der Waals surface area contributed by atoms with Crippen LogP contribution in [-0.4, -0.2) is 0 Å². The number of benzene rings is 8. The van der Waals surface area contributed by atoms with Gasteiger partial charge in [0, 0.05) is 10.9 Å². The van der Waals surface area contributed by atoms with Crippen molar-refractivity contribution in [1.29, 1.82) is 0 Å². The van der Waals surface area contributed by atoms with E-state index in [2.05, 4.69) is 194 Å². The average molecular weight is 661 g/mol. The highest BCUT2D eigenvalue weighted by molar-refractivity contribution is 6.11. The van der Waals surface area contributed by atoms with E-state index in [4.69, 9.17) is 4.42 Å². The van der Waals surface area contributed by atoms with E-state index in [0.29, 0.717) is 0 Å². The first-order valence-corrected chi connectivity index (χ1v) is 18.0. The molecule has 0 saturated heterocycles. The Hall–Kier alpha value is -6.70. The van der Waals surface area contributed by atoms with E-state index in [0.717, 1.165) is 22.3 Å². The fraction of sp³-hybridized carbons (Fsp3) is 0.0196. The topological polar surface area (TPSA) is 13.1 Å². The van der Waals surface area contributed by atoms with Gasteiger partial charge in [0.15, 0.2) is 0 Å². The summed E-state index contributed by atoms with van der Waals surface area (Å²) in [7, 11) is 0. The zero-order valence-corrected chi connectivity index (χ0v) is 28.4. The highest BCUT2D eigenvalue weighted by Gasteiger charge is 2.55. The van der Waals surface area contributed by atoms with Crippen LogP contribution >= 0.6 is 0 Å². The monoisotopic (exact) mass is 660 g/mol. The standard InChI is InChI=1S/C51H32O/c1-2-14-34(15-3-1)35-30-28-33(29-31-35)32-43(38-22-12-17-36-16-4-5-18-37(36)38)41-23-13-26-46-48(41)49-42-21-8-11-27-47(42)52-50(49)51(46)44-24-9-6-19-39(44)40-20-7-10-25-45(40)51/h1-32H. The van der Waals surface area contributed by atoms with E-state index in [1.807, 2.05) is 0 Å². The van der Waals surface area contributed by atoms with Gasteiger partial charge in [-0.25, -0.2) is 0 Å². The number of rotatable bonds is 4. The minimum absolute atomic E-state index is 0.575. The maximum atomic E-state index is 7.11. The largest absolute Gasteiger partial charge is 0.459 e. The molecule has 1 spiro atoms. The molecule has 0 atom stereocenters. The zero-order chi connectivity index (χ0) is 34.2. The Morgan fingerprint density at radius 3 is 1.79 bits per heavy atom. The number of hydrogen-bond donors (Lipinski definition) is 0. The molecule has 1 nitrogen and oxygen atoms in total. The Labute approximate surface area is 302 Å². The summed E-state index contributed by atoms with van der Waals surface area (Å²) in [5.74, 6) is 1.01. The second-order valence-electron chi connectivity index (χ2n) is 13.9. The van der Waals surface area contributed by atoms with Crippen LogP contribution < -0.4 is 0 Å². The van der Waals surface area contributed by atoms with Crippen molar-refractivity contribution in [3.63, 3.8) is 0 Å². The Morgan fingerprint density at radius 1 is 0.423 bits per heavy atom. The molecule has 2 aliphatic carbocycles. The molecule has 0 saturated carbocycles. The molecule has 0 unspecified atom stereocenters. The first kappa shape index (κ1) is 29.1. The van der Waals surface area contributed by atoms with Crippen molar-refractivity contribution in [1.82, 2.24) is 0 Å². The molecule has 0 fully saturated rings. The smallest absolute Gasteiger partial charge is 0.135 e. The van der Waals surface area contributed by atoms with Gasteiger partial charge in [-0.15, -0.1) is 0 Å². The fourth-order valence-electron chi connectivity index (χ4n) is 9.14. The van der Waals surface area contributed by atoms with Crippen LogP contribution in [0, 0.1) is 0 Å². The maximum absolute atomic E-state index is 7.11. The minimum Gasteiger partial charge on any atom is -0.459 e. The van der Waals surface area contributed by atoms with Crippen molar-refractivity contribution >= 4 is 33.4 Å². The van der Waals surface area contributed by atoms with Crippen LogP contribution in [-0.2, 0) is 5.41 Å². The zero-order valence-electron chi connectivity index (χ0n) is 28.4. The van der Waals surface area contributed by atoms with Gasteiger partial charge < -0.3 is 4.42 Å². The molecule has 0 aliphatic heterocycles. The van der Waals surface area contributed by atoms with Crippen LogP contribution in [0.1, 0.15) is 39.1 Å². The van der Waals surface area contributed by atoms with Gasteiger partial charge in [0.25, 0.3) is 0 Å². The Kier molecular flexibility index (Phi) is 6.23. The fourth-order valence-corrected chi connectivity index (χ4v) is 9.14. The van der Waals surface area contributed by atoms with E-state index < -0.39 is 5.41 Å². The second-order valence-corrected chi connectivity index (χ2v) is 13.9. The first-order valence-electron chi connectivity index (χ1n) is 18.0. The molecule has 2 aliphatic rings. The van der Waals surface area contributed by atoms with Gasteiger partial charge in [-0.2, -0.15) is 0 Å². The first-order chi connectivity index (χ1) is 25.8. The van der Waals surface area contributed by atoms with Crippen LogP contribution in [0.4, 0.5) is 0 Å². The predicted octanol–water partition coefficient (Wildman–Crippen LogP) is 13.2. The van der Waals surface area contributed by atoms with Crippen LogP contribution in [0.15, 0.2) is 192 Å². The van der Waals surface area contributed by atoms with Crippen LogP contribution in [0.3, 0.4) is 0 Å². The quantitative estimate of drug-likeness (QED) is 0.171. The lowest BCUT2D eigenvalue weighted by atomic mass is 9.72. The van der Waals surface area contributed by atoms with E-state index in [1.54, 1.807) is 0 Å². The Bertz CT molecular complexity index is 2840. The summed E-state index contributed by atoms with van der Waals surface area (Å²) in [5, 5.41) is 3.60. The van der Waals surface area contributed by atoms with E-state index >= 15 is 0 Å². The third-order valence-corrected chi connectivity index (χ3v) is 11.3. The number of fused-ring (bicyclic) bond motifs is 13. The van der Waals surface area contributed by atoms with Crippen LogP contribution in [0.25, 0.3) is 66.8 Å². The molecular formula is C51H32O. The summed E-state index contributed by atoms with van der Waals surface area (Å²) in [4.78, 5) is 0. The molecule has 52 heavy (non-hydrogen) atoms. The normalized spacial score (nSPS) is 13.7. The minimum atomic E-state index is -0.575. The van der Waals surface area contributed by atoms with Crippen molar-refractivity contribution in [3.05, 3.63) is 227 Å². The summed E-state index contributed by atoms with van der Waals surface area (Å²) >= 11 is 0. The molecule has 8 aromatic carbocycles. The molecule has 9 aromatic rings. The highest BCUT2D eigenvalue weighted by atomic mass is 16.3. The number of hydrogen-bond acceptors (Lipinski definition) is 1. The summed E-state index contributed by atoms with van der Waals surface area (Å²) in [5.41, 5.74) is 16.3. The average Bonchev–Trinajstić information content (AvgIpc) is 3.84. The molecule has 0 amide bonds. The molecular weight excluding hydrogens is 629 g/mol. The van der Waals surface area contributed by atoms with Gasteiger partial charge in [-0.1, -0.05) is 182 Å². The second kappa shape index (κ2) is 11.2. The number of para-hydroxylation sites is 1. The van der Waals surface area contributed by atoms with Gasteiger partial charge in [-0.3, -0.25) is 0 Å². The molecule has 0 N–H and O–H groups in total. The number of furan rings is 1. The SMILES string of the molecule is C(=C(c1cccc2c1-c1c(oc3ccccc13)C21c2ccccc2-c2ccccc21)c1cccc2ccccc12)c1ccc(-c2ccccc2)cc1. The Morgan fingerprint density at radius 2 is 1.00 bits per heavy atom. The van der Waals surface area contributed by atoms with Crippen molar-refractivity contribution in [2.75, 3.05) is 0 Å². The Balaban J connectivity index is 1.24. The third kappa shape index (κ3) is 3.99. The van der Waals surface area contributed by atoms with Gasteiger partial charge in [-0.05, 0) is 89.7 Å². The highest BCUT2D eigenvalue weighted by Crippen LogP contribution is 2.65. The van der Waals surface area contributed by atoms with Gasteiger partial charge in [0.05, 0.1) is 0 Å². The van der Waals surface area contributed by atoms with Crippen LogP contribution in [0.2, 0.25) is 0 Å². The summed E-state index contributed by atoms with van der Waals surface area (Å²) in [6.07, 6.45) is 2.38. The van der Waals surface area contributed by atoms with Gasteiger partial charge >= 0.3 is 0 Å². The molecule has 11 rings (SSSR count). The van der Waals surface area contributed by atoms with Crippen molar-refractivity contribution < 1.29 is 4.42 Å². The molecule has 0 radical (unpaired) electrons. The maximum Gasteiger partial charge on any atom is 0.135 e. The molecule has 1 heterocycles. The van der Waals surface area contributed by atoms with Gasteiger partial charge in [0.1, 0.15) is 16.8 Å².